The van der Waals surface area contributed by atoms with Crippen molar-refractivity contribution < 1.29 is 9.66 Å². The van der Waals surface area contributed by atoms with Crippen molar-refractivity contribution in [2.24, 2.45) is 5.92 Å². The lowest BCUT2D eigenvalue weighted by molar-refractivity contribution is -0.384. The van der Waals surface area contributed by atoms with Crippen molar-refractivity contribution in [3.8, 4) is 0 Å². The molecule has 0 saturated carbocycles. The van der Waals surface area contributed by atoms with Crippen molar-refractivity contribution in [2.75, 3.05) is 13.2 Å². The van der Waals surface area contributed by atoms with Crippen LogP contribution in [-0.4, -0.2) is 23.0 Å². The normalized spacial score (nSPS) is 23.9. The number of ether oxygens (including phenoxy) is 1. The summed E-state index contributed by atoms with van der Waals surface area (Å²) in [6.07, 6.45) is 1.75. The molecule has 1 aliphatic rings. The van der Waals surface area contributed by atoms with Gasteiger partial charge in [-0.3, -0.25) is 10.1 Å². The van der Waals surface area contributed by atoms with E-state index in [1.807, 2.05) is 0 Å². The zero-order valence-electron chi connectivity index (χ0n) is 9.64. The number of hydrogen-bond donors (Lipinski definition) is 0. The molecule has 0 aromatic heterocycles. The minimum absolute atomic E-state index is 0.0269. The molecule has 0 aliphatic carbocycles. The van der Waals surface area contributed by atoms with E-state index in [1.54, 1.807) is 6.07 Å². The molecule has 1 aromatic rings. The summed E-state index contributed by atoms with van der Waals surface area (Å²) in [5.74, 6) is 0.359. The second kappa shape index (κ2) is 5.99. The Morgan fingerprint density at radius 1 is 1.56 bits per heavy atom. The third-order valence-electron chi connectivity index (χ3n) is 3.11. The Balaban J connectivity index is 2.11. The number of alkyl halides is 1. The molecule has 1 fully saturated rings. The van der Waals surface area contributed by atoms with Crippen LogP contribution in [-0.2, 0) is 11.2 Å². The first-order valence-electron chi connectivity index (χ1n) is 5.72. The van der Waals surface area contributed by atoms with E-state index in [-0.39, 0.29) is 5.69 Å². The molecular weight excluding hydrogens is 321 g/mol. The molecular formula is C12H13BrClNO3. The van der Waals surface area contributed by atoms with Crippen LogP contribution in [0, 0.1) is 16.0 Å². The highest BCUT2D eigenvalue weighted by molar-refractivity contribution is 9.09. The summed E-state index contributed by atoms with van der Waals surface area (Å²) in [7, 11) is 0. The molecule has 1 aromatic carbocycles. The quantitative estimate of drug-likeness (QED) is 0.482. The van der Waals surface area contributed by atoms with Crippen molar-refractivity contribution >= 4 is 33.2 Å². The fourth-order valence-corrected chi connectivity index (χ4v) is 2.83. The predicted octanol–water partition coefficient (Wildman–Crippen LogP) is 3.59. The molecule has 6 heteroatoms. The minimum atomic E-state index is -0.438. The summed E-state index contributed by atoms with van der Waals surface area (Å²) < 4.78 is 5.45. The Labute approximate surface area is 119 Å². The van der Waals surface area contributed by atoms with Crippen LogP contribution in [0.25, 0.3) is 0 Å². The van der Waals surface area contributed by atoms with Gasteiger partial charge in [-0.15, -0.1) is 0 Å². The molecule has 1 aliphatic heterocycles. The molecule has 2 atom stereocenters. The molecule has 98 valence electrons. The van der Waals surface area contributed by atoms with Gasteiger partial charge in [0.15, 0.2) is 0 Å². The molecule has 0 bridgehead atoms. The van der Waals surface area contributed by atoms with Crippen molar-refractivity contribution in [3.63, 3.8) is 0 Å². The number of nitro benzene ring substituents is 1. The number of rotatable bonds is 3. The number of benzene rings is 1. The van der Waals surface area contributed by atoms with Gasteiger partial charge in [-0.05, 0) is 24.3 Å². The largest absolute Gasteiger partial charge is 0.381 e. The van der Waals surface area contributed by atoms with Gasteiger partial charge in [-0.1, -0.05) is 33.6 Å². The second-order valence-electron chi connectivity index (χ2n) is 4.38. The summed E-state index contributed by atoms with van der Waals surface area (Å²) in [6.45, 7) is 1.48. The van der Waals surface area contributed by atoms with Crippen LogP contribution in [0.5, 0.6) is 0 Å². The van der Waals surface area contributed by atoms with E-state index in [2.05, 4.69) is 15.9 Å². The standard InChI is InChI=1S/C12H13BrClNO3/c13-11-3-4-18-7-9(11)5-8-1-2-10(15(16)17)6-12(8)14/h1-2,6,9,11H,3-5,7H2. The molecule has 1 saturated heterocycles. The topological polar surface area (TPSA) is 52.4 Å². The molecule has 1 heterocycles. The summed E-state index contributed by atoms with van der Waals surface area (Å²) in [5, 5.41) is 11.1. The first-order valence-corrected chi connectivity index (χ1v) is 7.02. The monoisotopic (exact) mass is 333 g/mol. The van der Waals surface area contributed by atoms with Crippen LogP contribution in [0.1, 0.15) is 12.0 Å². The lowest BCUT2D eigenvalue weighted by Crippen LogP contribution is -2.29. The molecule has 0 N–H and O–H groups in total. The van der Waals surface area contributed by atoms with Crippen LogP contribution in [0.15, 0.2) is 18.2 Å². The van der Waals surface area contributed by atoms with Gasteiger partial charge in [-0.25, -0.2) is 0 Å². The average molecular weight is 335 g/mol. The van der Waals surface area contributed by atoms with Crippen LogP contribution in [0.4, 0.5) is 5.69 Å². The van der Waals surface area contributed by atoms with Gasteiger partial charge in [-0.2, -0.15) is 0 Å². The lowest BCUT2D eigenvalue weighted by atomic mass is 9.94. The van der Waals surface area contributed by atoms with Crippen LogP contribution in [0.2, 0.25) is 5.02 Å². The van der Waals surface area contributed by atoms with Crippen LogP contribution >= 0.6 is 27.5 Å². The zero-order chi connectivity index (χ0) is 13.1. The van der Waals surface area contributed by atoms with Crippen molar-refractivity contribution in [2.45, 2.75) is 17.7 Å². The van der Waals surface area contributed by atoms with Crippen molar-refractivity contribution in [1.82, 2.24) is 0 Å². The smallest absolute Gasteiger partial charge is 0.270 e. The Kier molecular flexibility index (Phi) is 4.59. The average Bonchev–Trinajstić information content (AvgIpc) is 2.34. The van der Waals surface area contributed by atoms with Gasteiger partial charge in [0.05, 0.1) is 16.6 Å². The summed E-state index contributed by atoms with van der Waals surface area (Å²) >= 11 is 9.72. The number of nitro groups is 1. The van der Waals surface area contributed by atoms with Gasteiger partial charge < -0.3 is 4.74 Å². The highest BCUT2D eigenvalue weighted by Gasteiger charge is 2.24. The van der Waals surface area contributed by atoms with E-state index in [9.17, 15) is 10.1 Å². The summed E-state index contributed by atoms with van der Waals surface area (Å²) in [5.41, 5.74) is 0.959. The van der Waals surface area contributed by atoms with Gasteiger partial charge in [0.2, 0.25) is 0 Å². The van der Waals surface area contributed by atoms with Crippen molar-refractivity contribution in [3.05, 3.63) is 38.9 Å². The van der Waals surface area contributed by atoms with E-state index in [1.165, 1.54) is 12.1 Å². The maximum Gasteiger partial charge on any atom is 0.270 e. The van der Waals surface area contributed by atoms with Gasteiger partial charge in [0.1, 0.15) is 0 Å². The van der Waals surface area contributed by atoms with E-state index >= 15 is 0 Å². The molecule has 0 spiro atoms. The van der Waals surface area contributed by atoms with Gasteiger partial charge in [0.25, 0.3) is 5.69 Å². The third kappa shape index (κ3) is 3.22. The lowest BCUT2D eigenvalue weighted by Gasteiger charge is -2.27. The molecule has 2 rings (SSSR count). The Morgan fingerprint density at radius 3 is 2.94 bits per heavy atom. The summed E-state index contributed by atoms with van der Waals surface area (Å²) in [4.78, 5) is 10.6. The van der Waals surface area contributed by atoms with Crippen LogP contribution in [0.3, 0.4) is 0 Å². The van der Waals surface area contributed by atoms with Gasteiger partial charge in [0, 0.05) is 23.6 Å². The fourth-order valence-electron chi connectivity index (χ4n) is 2.06. The van der Waals surface area contributed by atoms with E-state index in [4.69, 9.17) is 16.3 Å². The Morgan fingerprint density at radius 2 is 2.33 bits per heavy atom. The predicted molar refractivity (Wildman–Crippen MR) is 73.5 cm³/mol. The Bertz CT molecular complexity index is 455. The third-order valence-corrected chi connectivity index (χ3v) is 4.67. The highest BCUT2D eigenvalue weighted by atomic mass is 79.9. The van der Waals surface area contributed by atoms with E-state index < -0.39 is 4.92 Å². The first kappa shape index (κ1) is 13.8. The number of non-ortho nitro benzene ring substituents is 1. The first-order chi connectivity index (χ1) is 8.58. The number of nitrogens with zero attached hydrogens (tertiary/aromatic N) is 1. The fraction of sp³-hybridized carbons (Fsp3) is 0.500. The molecule has 2 unspecified atom stereocenters. The molecule has 18 heavy (non-hydrogen) atoms. The number of hydrogen-bond acceptors (Lipinski definition) is 3. The SMILES string of the molecule is O=[N+]([O-])c1ccc(CC2COCCC2Br)c(Cl)c1. The maximum absolute atomic E-state index is 10.6. The molecule has 0 amide bonds. The van der Waals surface area contributed by atoms with E-state index in [0.717, 1.165) is 25.0 Å². The van der Waals surface area contributed by atoms with E-state index in [0.29, 0.717) is 22.4 Å². The zero-order valence-corrected chi connectivity index (χ0v) is 12.0. The van der Waals surface area contributed by atoms with Crippen LogP contribution < -0.4 is 0 Å². The second-order valence-corrected chi connectivity index (χ2v) is 5.96. The summed E-state index contributed by atoms with van der Waals surface area (Å²) in [6, 6.07) is 4.63. The van der Waals surface area contributed by atoms with Crippen molar-refractivity contribution in [1.29, 1.82) is 0 Å². The number of halogens is 2. The minimum Gasteiger partial charge on any atom is -0.381 e. The molecule has 0 radical (unpaired) electrons. The highest BCUT2D eigenvalue weighted by Crippen LogP contribution is 2.29. The molecule has 4 nitrogen and oxygen atoms in total. The maximum atomic E-state index is 10.6. The Hall–Kier alpha value is -0.650. The van der Waals surface area contributed by atoms with Gasteiger partial charge >= 0.3 is 0 Å².